The number of aliphatic hydroxyl groups is 1. The van der Waals surface area contributed by atoms with Crippen LogP contribution in [0.5, 0.6) is 0 Å². The minimum absolute atomic E-state index is 0.0223. The molecule has 1 aliphatic rings. The molecule has 3 N–H and O–H groups in total. The Morgan fingerprint density at radius 3 is 2.79 bits per heavy atom. The van der Waals surface area contributed by atoms with Crippen molar-refractivity contribution in [2.75, 3.05) is 13.2 Å². The van der Waals surface area contributed by atoms with E-state index in [0.29, 0.717) is 12.5 Å². The van der Waals surface area contributed by atoms with Crippen LogP contribution in [0.4, 0.5) is 4.79 Å². The van der Waals surface area contributed by atoms with Crippen LogP contribution >= 0.6 is 0 Å². The van der Waals surface area contributed by atoms with Gasteiger partial charge in [-0.15, -0.1) is 0 Å². The standard InChI is InChI=1S/C15H22N2O2/c18-10-9-16-15(19)17-14-8-4-7-13(14)11-12-5-2-1-3-6-12/h1-3,5-6,13-14,18H,4,7-11H2,(H2,16,17,19). The molecule has 1 fully saturated rings. The van der Waals surface area contributed by atoms with Crippen LogP contribution in [0, 0.1) is 5.92 Å². The zero-order chi connectivity index (χ0) is 13.5. The Morgan fingerprint density at radius 1 is 1.26 bits per heavy atom. The average Bonchev–Trinajstić information content (AvgIpc) is 2.85. The van der Waals surface area contributed by atoms with Gasteiger partial charge in [-0.2, -0.15) is 0 Å². The molecule has 1 aliphatic carbocycles. The summed E-state index contributed by atoms with van der Waals surface area (Å²) in [5.41, 5.74) is 1.33. The van der Waals surface area contributed by atoms with Gasteiger partial charge in [-0.3, -0.25) is 0 Å². The molecule has 2 amide bonds. The molecule has 0 spiro atoms. The van der Waals surface area contributed by atoms with E-state index in [1.165, 1.54) is 18.4 Å². The van der Waals surface area contributed by atoms with Crippen molar-refractivity contribution < 1.29 is 9.90 Å². The lowest BCUT2D eigenvalue weighted by Crippen LogP contribution is -2.44. The number of benzene rings is 1. The van der Waals surface area contributed by atoms with Crippen LogP contribution in [0.1, 0.15) is 24.8 Å². The second kappa shape index (κ2) is 7.14. The second-order valence-electron chi connectivity index (χ2n) is 5.11. The summed E-state index contributed by atoms with van der Waals surface area (Å²) in [5.74, 6) is 0.516. The van der Waals surface area contributed by atoms with Gasteiger partial charge in [0.2, 0.25) is 0 Å². The molecule has 19 heavy (non-hydrogen) atoms. The number of carbonyl (C=O) groups excluding carboxylic acids is 1. The molecule has 0 heterocycles. The molecule has 2 rings (SSSR count). The Morgan fingerprint density at radius 2 is 2.05 bits per heavy atom. The number of rotatable bonds is 5. The lowest BCUT2D eigenvalue weighted by molar-refractivity contribution is 0.227. The van der Waals surface area contributed by atoms with E-state index in [1.807, 2.05) is 6.07 Å². The molecule has 1 saturated carbocycles. The van der Waals surface area contributed by atoms with Crippen molar-refractivity contribution in [1.82, 2.24) is 10.6 Å². The average molecular weight is 262 g/mol. The highest BCUT2D eigenvalue weighted by Gasteiger charge is 2.28. The van der Waals surface area contributed by atoms with Crippen LogP contribution in [0.3, 0.4) is 0 Å². The first-order valence-electron chi connectivity index (χ1n) is 6.98. The Kier molecular flexibility index (Phi) is 5.21. The number of carbonyl (C=O) groups is 1. The fourth-order valence-corrected chi connectivity index (χ4v) is 2.78. The second-order valence-corrected chi connectivity index (χ2v) is 5.11. The number of hydrogen-bond acceptors (Lipinski definition) is 2. The molecule has 1 aromatic rings. The van der Waals surface area contributed by atoms with Crippen molar-refractivity contribution in [3.05, 3.63) is 35.9 Å². The van der Waals surface area contributed by atoms with Crippen molar-refractivity contribution in [2.24, 2.45) is 5.92 Å². The minimum atomic E-state index is -0.168. The monoisotopic (exact) mass is 262 g/mol. The van der Waals surface area contributed by atoms with E-state index in [2.05, 4.69) is 34.9 Å². The summed E-state index contributed by atoms with van der Waals surface area (Å²) >= 11 is 0. The topological polar surface area (TPSA) is 61.4 Å². The minimum Gasteiger partial charge on any atom is -0.395 e. The number of nitrogens with one attached hydrogen (secondary N) is 2. The first-order valence-corrected chi connectivity index (χ1v) is 6.98. The van der Waals surface area contributed by atoms with Gasteiger partial charge in [0.25, 0.3) is 0 Å². The lowest BCUT2D eigenvalue weighted by atomic mass is 9.95. The molecule has 0 aliphatic heterocycles. The van der Waals surface area contributed by atoms with Crippen LogP contribution in [0.25, 0.3) is 0 Å². The molecule has 2 unspecified atom stereocenters. The summed E-state index contributed by atoms with van der Waals surface area (Å²) in [6.07, 6.45) is 4.40. The van der Waals surface area contributed by atoms with Crippen LogP contribution in [-0.4, -0.2) is 30.3 Å². The Bertz CT molecular complexity index is 394. The molecule has 0 bridgehead atoms. The third-order valence-electron chi connectivity index (χ3n) is 3.71. The van der Waals surface area contributed by atoms with Gasteiger partial charge < -0.3 is 15.7 Å². The Balaban J connectivity index is 1.85. The first-order chi connectivity index (χ1) is 9.29. The third kappa shape index (κ3) is 4.24. The fourth-order valence-electron chi connectivity index (χ4n) is 2.78. The molecular formula is C15H22N2O2. The maximum absolute atomic E-state index is 11.6. The van der Waals surface area contributed by atoms with Crippen molar-refractivity contribution in [2.45, 2.75) is 31.7 Å². The summed E-state index contributed by atoms with van der Waals surface area (Å²) in [5, 5.41) is 14.3. The first kappa shape index (κ1) is 13.9. The van der Waals surface area contributed by atoms with Gasteiger partial charge in [0, 0.05) is 12.6 Å². The molecule has 4 heteroatoms. The predicted octanol–water partition coefficient (Wildman–Crippen LogP) is 1.69. The largest absolute Gasteiger partial charge is 0.395 e. The van der Waals surface area contributed by atoms with Gasteiger partial charge in [0.15, 0.2) is 0 Å². The smallest absolute Gasteiger partial charge is 0.315 e. The highest BCUT2D eigenvalue weighted by atomic mass is 16.3. The van der Waals surface area contributed by atoms with E-state index in [1.54, 1.807) is 0 Å². The summed E-state index contributed by atoms with van der Waals surface area (Å²) in [4.78, 5) is 11.6. The van der Waals surface area contributed by atoms with Gasteiger partial charge in [0.1, 0.15) is 0 Å². The van der Waals surface area contributed by atoms with Crippen LogP contribution in [0.15, 0.2) is 30.3 Å². The Labute approximate surface area is 114 Å². The maximum atomic E-state index is 11.6. The molecule has 104 valence electrons. The van der Waals surface area contributed by atoms with E-state index in [0.717, 1.165) is 12.8 Å². The number of aliphatic hydroxyl groups excluding tert-OH is 1. The van der Waals surface area contributed by atoms with Crippen LogP contribution < -0.4 is 10.6 Å². The molecule has 1 aromatic carbocycles. The van der Waals surface area contributed by atoms with Crippen molar-refractivity contribution in [3.8, 4) is 0 Å². The van der Waals surface area contributed by atoms with Gasteiger partial charge in [-0.05, 0) is 30.7 Å². The van der Waals surface area contributed by atoms with Crippen molar-refractivity contribution in [1.29, 1.82) is 0 Å². The SMILES string of the molecule is O=C(NCCO)NC1CCCC1Cc1ccccc1. The molecule has 4 nitrogen and oxygen atoms in total. The number of amides is 2. The van der Waals surface area contributed by atoms with E-state index in [4.69, 9.17) is 5.11 Å². The molecule has 0 aromatic heterocycles. The van der Waals surface area contributed by atoms with E-state index >= 15 is 0 Å². The molecule has 2 atom stereocenters. The highest BCUT2D eigenvalue weighted by Crippen LogP contribution is 2.28. The Hall–Kier alpha value is -1.55. The fraction of sp³-hybridized carbons (Fsp3) is 0.533. The van der Waals surface area contributed by atoms with Gasteiger partial charge in [0.05, 0.1) is 6.61 Å². The molecule has 0 radical (unpaired) electrons. The van der Waals surface area contributed by atoms with E-state index in [9.17, 15) is 4.79 Å². The zero-order valence-corrected chi connectivity index (χ0v) is 11.1. The van der Waals surface area contributed by atoms with Crippen molar-refractivity contribution in [3.63, 3.8) is 0 Å². The number of urea groups is 1. The van der Waals surface area contributed by atoms with Crippen molar-refractivity contribution >= 4 is 6.03 Å². The van der Waals surface area contributed by atoms with E-state index < -0.39 is 0 Å². The molecular weight excluding hydrogens is 240 g/mol. The highest BCUT2D eigenvalue weighted by molar-refractivity contribution is 5.74. The summed E-state index contributed by atoms with van der Waals surface area (Å²) in [7, 11) is 0. The molecule has 0 saturated heterocycles. The lowest BCUT2D eigenvalue weighted by Gasteiger charge is -2.21. The third-order valence-corrected chi connectivity index (χ3v) is 3.71. The summed E-state index contributed by atoms with van der Waals surface area (Å²) < 4.78 is 0. The summed E-state index contributed by atoms with van der Waals surface area (Å²) in [6, 6.07) is 10.5. The summed E-state index contributed by atoms with van der Waals surface area (Å²) in [6.45, 7) is 0.285. The van der Waals surface area contributed by atoms with Gasteiger partial charge in [-0.25, -0.2) is 4.79 Å². The predicted molar refractivity (Wildman–Crippen MR) is 74.9 cm³/mol. The maximum Gasteiger partial charge on any atom is 0.315 e. The van der Waals surface area contributed by atoms with Gasteiger partial charge in [-0.1, -0.05) is 36.8 Å². The van der Waals surface area contributed by atoms with E-state index in [-0.39, 0.29) is 18.7 Å². The van der Waals surface area contributed by atoms with Gasteiger partial charge >= 0.3 is 6.03 Å². The zero-order valence-electron chi connectivity index (χ0n) is 11.1. The van der Waals surface area contributed by atoms with Crippen LogP contribution in [0.2, 0.25) is 0 Å². The van der Waals surface area contributed by atoms with Crippen LogP contribution in [-0.2, 0) is 6.42 Å². The quantitative estimate of drug-likeness (QED) is 0.756. The normalized spacial score (nSPS) is 22.2. The number of hydrogen-bond donors (Lipinski definition) is 3.